The van der Waals surface area contributed by atoms with Crippen molar-refractivity contribution < 1.29 is 9.63 Å². The van der Waals surface area contributed by atoms with Crippen LogP contribution in [0.5, 0.6) is 0 Å². The van der Waals surface area contributed by atoms with Gasteiger partial charge in [0, 0.05) is 18.0 Å². The number of hydrogen-bond acceptors (Lipinski definition) is 5. The fourth-order valence-corrected chi connectivity index (χ4v) is 1.46. The monoisotopic (exact) mass is 233 g/mol. The van der Waals surface area contributed by atoms with Gasteiger partial charge >= 0.3 is 0 Å². The fourth-order valence-electron chi connectivity index (χ4n) is 1.46. The van der Waals surface area contributed by atoms with Gasteiger partial charge in [0.2, 0.25) is 0 Å². The van der Waals surface area contributed by atoms with Crippen LogP contribution in [0.25, 0.3) is 11.5 Å². The number of aliphatic hydroxyl groups excluding tert-OH is 1. The molecule has 0 radical (unpaired) electrons. The molecule has 1 heterocycles. The summed E-state index contributed by atoms with van der Waals surface area (Å²) in [7, 11) is 0. The number of rotatable bonds is 5. The first-order valence-corrected chi connectivity index (χ1v) is 5.54. The molecule has 5 nitrogen and oxygen atoms in total. The van der Waals surface area contributed by atoms with Gasteiger partial charge in [0.25, 0.3) is 5.89 Å². The third kappa shape index (κ3) is 3.12. The summed E-state index contributed by atoms with van der Waals surface area (Å²) >= 11 is 0. The molecule has 90 valence electrons. The zero-order valence-corrected chi connectivity index (χ0v) is 9.41. The third-order valence-corrected chi connectivity index (χ3v) is 2.46. The lowest BCUT2D eigenvalue weighted by molar-refractivity contribution is 0.259. The average molecular weight is 233 g/mol. The average Bonchev–Trinajstić information content (AvgIpc) is 2.86. The Morgan fingerprint density at radius 2 is 2.06 bits per heavy atom. The molecule has 3 N–H and O–H groups in total. The van der Waals surface area contributed by atoms with Crippen LogP contribution in [0.3, 0.4) is 0 Å². The Balaban J connectivity index is 2.01. The number of aryl methyl sites for hydroxylation is 1. The van der Waals surface area contributed by atoms with Crippen molar-refractivity contribution in [3.8, 4) is 11.5 Å². The highest BCUT2D eigenvalue weighted by molar-refractivity contribution is 5.51. The Hall–Kier alpha value is -1.72. The highest BCUT2D eigenvalue weighted by atomic mass is 16.5. The minimum absolute atomic E-state index is 0.0244. The quantitative estimate of drug-likeness (QED) is 0.804. The molecular weight excluding hydrogens is 218 g/mol. The lowest BCUT2D eigenvalue weighted by atomic mass is 10.2. The number of benzene rings is 1. The van der Waals surface area contributed by atoms with Crippen molar-refractivity contribution in [2.45, 2.75) is 18.9 Å². The van der Waals surface area contributed by atoms with Crippen LogP contribution in [0, 0.1) is 0 Å². The van der Waals surface area contributed by atoms with Crippen molar-refractivity contribution in [2.24, 2.45) is 5.73 Å². The zero-order valence-electron chi connectivity index (χ0n) is 9.41. The lowest BCUT2D eigenvalue weighted by Gasteiger charge is -2.03. The minimum atomic E-state index is -0.228. The zero-order chi connectivity index (χ0) is 12.1. The molecule has 0 amide bonds. The van der Waals surface area contributed by atoms with E-state index in [1.54, 1.807) is 0 Å². The number of aliphatic hydroxyl groups is 1. The number of nitrogens with zero attached hydrogens (tertiary/aromatic N) is 2. The maximum Gasteiger partial charge on any atom is 0.257 e. The molecule has 0 aliphatic heterocycles. The molecule has 0 aliphatic rings. The van der Waals surface area contributed by atoms with Crippen molar-refractivity contribution in [2.75, 3.05) is 6.61 Å². The predicted molar refractivity (Wildman–Crippen MR) is 63.1 cm³/mol. The molecule has 2 aromatic rings. The van der Waals surface area contributed by atoms with Gasteiger partial charge in [-0.2, -0.15) is 4.98 Å². The molecule has 1 aromatic heterocycles. The van der Waals surface area contributed by atoms with Gasteiger partial charge in [-0.3, -0.25) is 0 Å². The van der Waals surface area contributed by atoms with Crippen molar-refractivity contribution >= 4 is 0 Å². The number of hydrogen-bond donors (Lipinski definition) is 2. The van der Waals surface area contributed by atoms with Gasteiger partial charge in [0.1, 0.15) is 0 Å². The van der Waals surface area contributed by atoms with E-state index in [2.05, 4.69) is 10.1 Å². The summed E-state index contributed by atoms with van der Waals surface area (Å²) in [5.41, 5.74) is 6.50. The second-order valence-corrected chi connectivity index (χ2v) is 3.86. The van der Waals surface area contributed by atoms with Crippen LogP contribution in [0.2, 0.25) is 0 Å². The highest BCUT2D eigenvalue weighted by Gasteiger charge is 2.09. The second-order valence-electron chi connectivity index (χ2n) is 3.86. The predicted octanol–water partition coefficient (Wildman–Crippen LogP) is 0.989. The molecule has 17 heavy (non-hydrogen) atoms. The van der Waals surface area contributed by atoms with Crippen molar-refractivity contribution in [1.82, 2.24) is 10.1 Å². The van der Waals surface area contributed by atoms with E-state index in [1.165, 1.54) is 0 Å². The Bertz CT molecular complexity index is 456. The van der Waals surface area contributed by atoms with E-state index in [-0.39, 0.29) is 12.6 Å². The SMILES string of the molecule is N[C@H](CO)CCc1noc(-c2ccccc2)n1. The maximum atomic E-state index is 8.81. The van der Waals surface area contributed by atoms with Crippen LogP contribution in [0.15, 0.2) is 34.9 Å². The summed E-state index contributed by atoms with van der Waals surface area (Å²) in [6, 6.07) is 9.37. The molecule has 0 saturated heterocycles. The van der Waals surface area contributed by atoms with Gasteiger partial charge in [-0.15, -0.1) is 0 Å². The number of aromatic nitrogens is 2. The molecule has 2 rings (SSSR count). The first-order chi connectivity index (χ1) is 8.29. The van der Waals surface area contributed by atoms with E-state index in [4.69, 9.17) is 15.4 Å². The largest absolute Gasteiger partial charge is 0.395 e. The van der Waals surface area contributed by atoms with Gasteiger partial charge in [-0.05, 0) is 18.6 Å². The Kier molecular flexibility index (Phi) is 3.85. The highest BCUT2D eigenvalue weighted by Crippen LogP contribution is 2.16. The Labute approximate surface area is 99.3 Å². The maximum absolute atomic E-state index is 8.81. The fraction of sp³-hybridized carbons (Fsp3) is 0.333. The summed E-state index contributed by atoms with van der Waals surface area (Å²) in [5.74, 6) is 1.13. The van der Waals surface area contributed by atoms with Gasteiger partial charge < -0.3 is 15.4 Å². The van der Waals surface area contributed by atoms with E-state index < -0.39 is 0 Å². The van der Waals surface area contributed by atoms with Crippen LogP contribution < -0.4 is 5.73 Å². The van der Waals surface area contributed by atoms with Crippen LogP contribution in [0.4, 0.5) is 0 Å². The Morgan fingerprint density at radius 3 is 2.76 bits per heavy atom. The molecule has 0 bridgehead atoms. The molecule has 1 atom stereocenters. The van der Waals surface area contributed by atoms with Crippen LogP contribution >= 0.6 is 0 Å². The summed E-state index contributed by atoms with van der Waals surface area (Å²) in [5, 5.41) is 12.7. The van der Waals surface area contributed by atoms with E-state index in [0.717, 1.165) is 5.56 Å². The van der Waals surface area contributed by atoms with E-state index in [1.807, 2.05) is 30.3 Å². The molecule has 0 spiro atoms. The first-order valence-electron chi connectivity index (χ1n) is 5.54. The van der Waals surface area contributed by atoms with Crippen molar-refractivity contribution in [3.05, 3.63) is 36.2 Å². The molecule has 0 unspecified atom stereocenters. The summed E-state index contributed by atoms with van der Waals surface area (Å²) in [6.45, 7) is -0.0244. The van der Waals surface area contributed by atoms with E-state index in [9.17, 15) is 0 Å². The molecule has 5 heteroatoms. The smallest absolute Gasteiger partial charge is 0.257 e. The minimum Gasteiger partial charge on any atom is -0.395 e. The molecule has 0 fully saturated rings. The lowest BCUT2D eigenvalue weighted by Crippen LogP contribution is -2.24. The molecule has 0 aliphatic carbocycles. The van der Waals surface area contributed by atoms with Gasteiger partial charge in [0.15, 0.2) is 5.82 Å². The first kappa shape index (κ1) is 11.8. The second kappa shape index (κ2) is 5.56. The van der Waals surface area contributed by atoms with Crippen LogP contribution in [-0.4, -0.2) is 27.9 Å². The summed E-state index contributed by atoms with van der Waals surface area (Å²) in [4.78, 5) is 4.27. The van der Waals surface area contributed by atoms with Crippen LogP contribution in [0.1, 0.15) is 12.2 Å². The summed E-state index contributed by atoms with van der Waals surface area (Å²) in [6.07, 6.45) is 1.25. The van der Waals surface area contributed by atoms with Gasteiger partial charge in [0.05, 0.1) is 6.61 Å². The van der Waals surface area contributed by atoms with Crippen LogP contribution in [-0.2, 0) is 6.42 Å². The summed E-state index contributed by atoms with van der Waals surface area (Å²) < 4.78 is 5.15. The normalized spacial score (nSPS) is 12.6. The topological polar surface area (TPSA) is 85.2 Å². The third-order valence-electron chi connectivity index (χ3n) is 2.46. The van der Waals surface area contributed by atoms with Crippen molar-refractivity contribution in [1.29, 1.82) is 0 Å². The molecular formula is C12H15N3O2. The molecule has 0 saturated carbocycles. The van der Waals surface area contributed by atoms with Gasteiger partial charge in [-0.25, -0.2) is 0 Å². The van der Waals surface area contributed by atoms with Crippen molar-refractivity contribution in [3.63, 3.8) is 0 Å². The Morgan fingerprint density at radius 1 is 1.29 bits per heavy atom. The standard InChI is InChI=1S/C12H15N3O2/c13-10(8-16)6-7-11-14-12(17-15-11)9-4-2-1-3-5-9/h1-5,10,16H,6-8,13H2/t10-/m0/s1. The number of nitrogens with two attached hydrogens (primary N) is 1. The molecule has 1 aromatic carbocycles. The van der Waals surface area contributed by atoms with E-state index >= 15 is 0 Å². The van der Waals surface area contributed by atoms with Gasteiger partial charge in [-0.1, -0.05) is 23.4 Å². The van der Waals surface area contributed by atoms with E-state index in [0.29, 0.717) is 24.6 Å².